The van der Waals surface area contributed by atoms with Gasteiger partial charge in [-0.25, -0.2) is 0 Å². The Balaban J connectivity index is 1.81. The fourth-order valence-electron chi connectivity index (χ4n) is 3.17. The molecule has 3 heterocycles. The molecular formula is C14H21N3O2. The van der Waals surface area contributed by atoms with Gasteiger partial charge < -0.3 is 9.64 Å². The highest BCUT2D eigenvalue weighted by Gasteiger charge is 2.35. The van der Waals surface area contributed by atoms with Gasteiger partial charge in [0.1, 0.15) is 6.10 Å². The van der Waals surface area contributed by atoms with Crippen molar-refractivity contribution < 1.29 is 9.53 Å². The number of likely N-dealkylation sites (tertiary alicyclic amines) is 1. The number of aromatic nitrogens is 2. The topological polar surface area (TPSA) is 47.4 Å². The quantitative estimate of drug-likeness (QED) is 0.815. The summed E-state index contributed by atoms with van der Waals surface area (Å²) in [6, 6.07) is 2.18. The third-order valence-corrected chi connectivity index (χ3v) is 4.19. The molecule has 19 heavy (non-hydrogen) atoms. The molecule has 2 unspecified atom stereocenters. The fourth-order valence-corrected chi connectivity index (χ4v) is 3.17. The molecule has 1 aromatic rings. The van der Waals surface area contributed by atoms with Gasteiger partial charge in [-0.3, -0.25) is 9.48 Å². The van der Waals surface area contributed by atoms with Crippen molar-refractivity contribution >= 4 is 5.91 Å². The minimum absolute atomic E-state index is 0.165. The standard InChI is InChI=1S/C14H21N3O2/c1-16-11(7-8-15-16)12-5-2-3-9-17(12)14(18)13-6-4-10-19-13/h7-8,12-13H,2-6,9-10H2,1H3. The summed E-state index contributed by atoms with van der Waals surface area (Å²) in [5, 5.41) is 4.23. The Morgan fingerprint density at radius 3 is 2.95 bits per heavy atom. The van der Waals surface area contributed by atoms with Crippen molar-refractivity contribution in [2.45, 2.75) is 44.2 Å². The highest BCUT2D eigenvalue weighted by molar-refractivity contribution is 5.81. The van der Waals surface area contributed by atoms with E-state index in [9.17, 15) is 4.79 Å². The van der Waals surface area contributed by atoms with Gasteiger partial charge in [-0.05, 0) is 38.2 Å². The first-order valence-electron chi connectivity index (χ1n) is 7.17. The zero-order chi connectivity index (χ0) is 13.2. The van der Waals surface area contributed by atoms with E-state index in [-0.39, 0.29) is 18.1 Å². The molecule has 0 aromatic carbocycles. The summed E-state index contributed by atoms with van der Waals surface area (Å²) >= 11 is 0. The SMILES string of the molecule is Cn1nccc1C1CCCCN1C(=O)C1CCCO1. The molecule has 0 radical (unpaired) electrons. The van der Waals surface area contributed by atoms with Crippen LogP contribution in [-0.4, -0.2) is 39.8 Å². The van der Waals surface area contributed by atoms with Crippen LogP contribution < -0.4 is 0 Å². The molecule has 2 fully saturated rings. The number of carbonyl (C=O) groups excluding carboxylic acids is 1. The van der Waals surface area contributed by atoms with E-state index >= 15 is 0 Å². The lowest BCUT2D eigenvalue weighted by atomic mass is 9.98. The average molecular weight is 263 g/mol. The minimum atomic E-state index is -0.214. The molecule has 5 heteroatoms. The highest BCUT2D eigenvalue weighted by Crippen LogP contribution is 2.32. The van der Waals surface area contributed by atoms with Gasteiger partial charge in [-0.15, -0.1) is 0 Å². The van der Waals surface area contributed by atoms with Crippen LogP contribution >= 0.6 is 0 Å². The molecule has 0 spiro atoms. The number of hydrogen-bond donors (Lipinski definition) is 0. The maximum Gasteiger partial charge on any atom is 0.252 e. The van der Waals surface area contributed by atoms with Crippen LogP contribution in [0.3, 0.4) is 0 Å². The molecule has 3 rings (SSSR count). The van der Waals surface area contributed by atoms with E-state index in [0.29, 0.717) is 0 Å². The number of rotatable bonds is 2. The lowest BCUT2D eigenvalue weighted by Gasteiger charge is -2.37. The second-order valence-electron chi connectivity index (χ2n) is 5.42. The van der Waals surface area contributed by atoms with Gasteiger partial charge >= 0.3 is 0 Å². The number of nitrogens with zero attached hydrogens (tertiary/aromatic N) is 3. The number of hydrogen-bond acceptors (Lipinski definition) is 3. The van der Waals surface area contributed by atoms with E-state index in [1.54, 1.807) is 6.20 Å². The van der Waals surface area contributed by atoms with Crippen LogP contribution in [0.1, 0.15) is 43.8 Å². The van der Waals surface area contributed by atoms with Crippen LogP contribution in [0, 0.1) is 0 Å². The van der Waals surface area contributed by atoms with Crippen LogP contribution in [0.25, 0.3) is 0 Å². The van der Waals surface area contributed by atoms with Crippen molar-refractivity contribution in [3.05, 3.63) is 18.0 Å². The monoisotopic (exact) mass is 263 g/mol. The van der Waals surface area contributed by atoms with E-state index in [2.05, 4.69) is 5.10 Å². The Morgan fingerprint density at radius 1 is 1.37 bits per heavy atom. The van der Waals surface area contributed by atoms with Crippen LogP contribution in [0.5, 0.6) is 0 Å². The predicted molar refractivity (Wildman–Crippen MR) is 70.5 cm³/mol. The van der Waals surface area contributed by atoms with Crippen LogP contribution in [0.4, 0.5) is 0 Å². The van der Waals surface area contributed by atoms with Gasteiger partial charge in [-0.2, -0.15) is 5.10 Å². The number of piperidine rings is 1. The molecule has 2 aliphatic rings. The molecule has 104 valence electrons. The first kappa shape index (κ1) is 12.7. The smallest absolute Gasteiger partial charge is 0.252 e. The Morgan fingerprint density at radius 2 is 2.26 bits per heavy atom. The number of aryl methyl sites for hydroxylation is 1. The molecule has 0 saturated carbocycles. The van der Waals surface area contributed by atoms with Crippen molar-refractivity contribution in [1.82, 2.24) is 14.7 Å². The maximum absolute atomic E-state index is 12.6. The third kappa shape index (κ3) is 2.39. The minimum Gasteiger partial charge on any atom is -0.368 e. The van der Waals surface area contributed by atoms with Crippen molar-refractivity contribution in [2.75, 3.05) is 13.2 Å². The number of carbonyl (C=O) groups is 1. The Bertz CT molecular complexity index is 451. The summed E-state index contributed by atoms with van der Waals surface area (Å²) in [5.41, 5.74) is 1.13. The Kier molecular flexibility index (Phi) is 3.55. The fraction of sp³-hybridized carbons (Fsp3) is 0.714. The maximum atomic E-state index is 12.6. The molecule has 2 aliphatic heterocycles. The van der Waals surface area contributed by atoms with Crippen LogP contribution in [0.2, 0.25) is 0 Å². The predicted octanol–water partition coefficient (Wildman–Crippen LogP) is 1.65. The largest absolute Gasteiger partial charge is 0.368 e. The lowest BCUT2D eigenvalue weighted by molar-refractivity contribution is -0.145. The Labute approximate surface area is 113 Å². The zero-order valence-corrected chi connectivity index (χ0v) is 11.4. The highest BCUT2D eigenvalue weighted by atomic mass is 16.5. The first-order valence-corrected chi connectivity index (χ1v) is 7.17. The van der Waals surface area contributed by atoms with Gasteiger partial charge in [-0.1, -0.05) is 0 Å². The summed E-state index contributed by atoms with van der Waals surface area (Å²) in [7, 11) is 1.94. The van der Waals surface area contributed by atoms with Crippen molar-refractivity contribution in [3.63, 3.8) is 0 Å². The van der Waals surface area contributed by atoms with Crippen molar-refractivity contribution in [2.24, 2.45) is 7.05 Å². The van der Waals surface area contributed by atoms with Crippen LogP contribution in [0.15, 0.2) is 12.3 Å². The van der Waals surface area contributed by atoms with Gasteiger partial charge in [0.15, 0.2) is 0 Å². The van der Waals surface area contributed by atoms with Gasteiger partial charge in [0, 0.05) is 26.4 Å². The van der Waals surface area contributed by atoms with E-state index in [0.717, 1.165) is 44.5 Å². The summed E-state index contributed by atoms with van der Waals surface area (Å²) in [6.45, 7) is 1.56. The lowest BCUT2D eigenvalue weighted by Crippen LogP contribution is -2.44. The van der Waals surface area contributed by atoms with E-state index < -0.39 is 0 Å². The molecule has 1 aromatic heterocycles. The molecule has 2 saturated heterocycles. The molecule has 0 bridgehead atoms. The van der Waals surface area contributed by atoms with Crippen molar-refractivity contribution in [3.8, 4) is 0 Å². The molecular weight excluding hydrogens is 242 g/mol. The summed E-state index contributed by atoms with van der Waals surface area (Å²) in [4.78, 5) is 14.6. The van der Waals surface area contributed by atoms with E-state index in [4.69, 9.17) is 4.74 Å². The normalized spacial score (nSPS) is 27.7. The summed E-state index contributed by atoms with van der Waals surface area (Å²) < 4.78 is 7.43. The van der Waals surface area contributed by atoms with E-state index in [1.807, 2.05) is 22.7 Å². The second kappa shape index (κ2) is 5.33. The summed E-state index contributed by atoms with van der Waals surface area (Å²) in [5.74, 6) is 0.170. The molecule has 0 aliphatic carbocycles. The van der Waals surface area contributed by atoms with Crippen molar-refractivity contribution in [1.29, 1.82) is 0 Å². The van der Waals surface area contributed by atoms with Gasteiger partial charge in [0.05, 0.1) is 11.7 Å². The van der Waals surface area contributed by atoms with E-state index in [1.165, 1.54) is 6.42 Å². The van der Waals surface area contributed by atoms with Gasteiger partial charge in [0.25, 0.3) is 5.91 Å². The number of ether oxygens (including phenoxy) is 1. The second-order valence-corrected chi connectivity index (χ2v) is 5.42. The van der Waals surface area contributed by atoms with Gasteiger partial charge in [0.2, 0.25) is 0 Å². The molecule has 1 amide bonds. The average Bonchev–Trinajstić information content (AvgIpc) is 3.09. The summed E-state index contributed by atoms with van der Waals surface area (Å²) in [6.07, 6.45) is 6.75. The Hall–Kier alpha value is -1.36. The van der Waals surface area contributed by atoms with Crippen LogP contribution in [-0.2, 0) is 16.6 Å². The molecule has 0 N–H and O–H groups in total. The molecule has 2 atom stereocenters. The zero-order valence-electron chi connectivity index (χ0n) is 11.4. The third-order valence-electron chi connectivity index (χ3n) is 4.19. The first-order chi connectivity index (χ1) is 9.27. The number of amides is 1. The molecule has 5 nitrogen and oxygen atoms in total.